The molecule has 10 heteroatoms. The van der Waals surface area contributed by atoms with E-state index in [2.05, 4.69) is 4.74 Å². The van der Waals surface area contributed by atoms with Gasteiger partial charge < -0.3 is 4.74 Å². The Labute approximate surface area is 210 Å². The van der Waals surface area contributed by atoms with Gasteiger partial charge in [-0.05, 0) is 44.4 Å². The van der Waals surface area contributed by atoms with Crippen molar-refractivity contribution in [2.75, 3.05) is 0 Å². The van der Waals surface area contributed by atoms with Gasteiger partial charge in [0.2, 0.25) is 17.4 Å². The lowest BCUT2D eigenvalue weighted by Gasteiger charge is -2.27. The van der Waals surface area contributed by atoms with E-state index in [-0.39, 0.29) is 6.42 Å². The molecule has 0 saturated heterocycles. The molecule has 0 aliphatic heterocycles. The molecule has 1 aliphatic carbocycles. The van der Waals surface area contributed by atoms with Crippen molar-refractivity contribution in [2.24, 2.45) is 11.8 Å². The van der Waals surface area contributed by atoms with Crippen molar-refractivity contribution in [1.82, 2.24) is 0 Å². The summed E-state index contributed by atoms with van der Waals surface area (Å²) >= 11 is 0. The summed E-state index contributed by atoms with van der Waals surface area (Å²) in [5.74, 6) is -20.7. The SMILES string of the molecule is CCCCc1c(F)c(F)c(-c2c(F)c(F)c(OC(=O)C3CCC(CCCC)CC3)c(F)c2F)c(F)c1F. The van der Waals surface area contributed by atoms with Crippen molar-refractivity contribution in [3.63, 3.8) is 0 Å². The van der Waals surface area contributed by atoms with Crippen molar-refractivity contribution in [2.45, 2.75) is 78.1 Å². The largest absolute Gasteiger partial charge is 0.420 e. The van der Waals surface area contributed by atoms with E-state index in [0.717, 1.165) is 19.3 Å². The lowest BCUT2D eigenvalue weighted by molar-refractivity contribution is -0.140. The first-order chi connectivity index (χ1) is 17.5. The molecule has 1 fully saturated rings. The van der Waals surface area contributed by atoms with E-state index < -0.39 is 87.3 Å². The standard InChI is InChI=1S/C27H28F8O2/c1-3-5-7-13-9-11-14(12-10-13)27(36)37-26-24(34)22(32)17(23(33)25(26)35)16-20(30)18(28)15(8-6-4-2)19(29)21(16)31/h13-14H,3-12H2,1-2H3. The first-order valence-electron chi connectivity index (χ1n) is 12.5. The molecule has 3 rings (SSSR count). The van der Waals surface area contributed by atoms with Crippen LogP contribution in [-0.2, 0) is 11.2 Å². The summed E-state index contributed by atoms with van der Waals surface area (Å²) in [7, 11) is 0. The van der Waals surface area contributed by atoms with Crippen LogP contribution in [0.5, 0.6) is 5.75 Å². The van der Waals surface area contributed by atoms with E-state index in [1.54, 1.807) is 6.92 Å². The van der Waals surface area contributed by atoms with Gasteiger partial charge in [0, 0.05) is 5.56 Å². The second kappa shape index (κ2) is 12.3. The monoisotopic (exact) mass is 536 g/mol. The molecule has 2 aromatic carbocycles. The van der Waals surface area contributed by atoms with Crippen LogP contribution in [0, 0.1) is 58.4 Å². The molecule has 0 heterocycles. The molecule has 0 atom stereocenters. The van der Waals surface area contributed by atoms with Crippen molar-refractivity contribution in [1.29, 1.82) is 0 Å². The molecule has 0 radical (unpaired) electrons. The van der Waals surface area contributed by atoms with Crippen molar-refractivity contribution in [3.05, 3.63) is 52.1 Å². The predicted molar refractivity (Wildman–Crippen MR) is 121 cm³/mol. The van der Waals surface area contributed by atoms with Crippen LogP contribution in [-0.4, -0.2) is 5.97 Å². The van der Waals surface area contributed by atoms with Gasteiger partial charge in [0.25, 0.3) is 0 Å². The molecule has 2 nitrogen and oxygen atoms in total. The molecular formula is C27H28F8O2. The Morgan fingerprint density at radius 2 is 1.14 bits per heavy atom. The lowest BCUT2D eigenvalue weighted by atomic mass is 9.80. The van der Waals surface area contributed by atoms with Gasteiger partial charge in [-0.25, -0.2) is 26.3 Å². The lowest BCUT2D eigenvalue weighted by Crippen LogP contribution is -2.26. The number of benzene rings is 2. The average molecular weight is 537 g/mol. The van der Waals surface area contributed by atoms with Crippen LogP contribution in [0.1, 0.15) is 77.2 Å². The minimum absolute atomic E-state index is 0.151. The third kappa shape index (κ3) is 5.77. The number of ether oxygens (including phenoxy) is 1. The van der Waals surface area contributed by atoms with Crippen LogP contribution in [0.3, 0.4) is 0 Å². The van der Waals surface area contributed by atoms with E-state index in [9.17, 15) is 39.9 Å². The quantitative estimate of drug-likeness (QED) is 0.139. The number of hydrogen-bond donors (Lipinski definition) is 0. The maximum absolute atomic E-state index is 14.8. The molecule has 0 N–H and O–H groups in total. The number of rotatable bonds is 9. The molecule has 0 spiro atoms. The summed E-state index contributed by atoms with van der Waals surface area (Å²) in [5.41, 5.74) is -4.91. The maximum Gasteiger partial charge on any atom is 0.314 e. The van der Waals surface area contributed by atoms with Gasteiger partial charge in [0.1, 0.15) is 0 Å². The fraction of sp³-hybridized carbons (Fsp3) is 0.519. The Morgan fingerprint density at radius 1 is 0.676 bits per heavy atom. The second-order valence-corrected chi connectivity index (χ2v) is 9.45. The molecule has 1 aliphatic rings. The zero-order chi connectivity index (χ0) is 27.4. The Morgan fingerprint density at radius 3 is 1.59 bits per heavy atom. The number of halogens is 8. The number of esters is 1. The first-order valence-corrected chi connectivity index (χ1v) is 12.5. The van der Waals surface area contributed by atoms with E-state index in [1.165, 1.54) is 0 Å². The molecule has 37 heavy (non-hydrogen) atoms. The van der Waals surface area contributed by atoms with Crippen molar-refractivity contribution < 1.29 is 44.7 Å². The molecule has 0 bridgehead atoms. The maximum atomic E-state index is 14.8. The van der Waals surface area contributed by atoms with E-state index in [0.29, 0.717) is 38.0 Å². The molecule has 1 saturated carbocycles. The van der Waals surface area contributed by atoms with E-state index >= 15 is 0 Å². The molecule has 0 aromatic heterocycles. The Balaban J connectivity index is 1.95. The van der Waals surface area contributed by atoms with Crippen LogP contribution in [0.25, 0.3) is 11.1 Å². The molecule has 0 unspecified atom stereocenters. The molecule has 0 amide bonds. The van der Waals surface area contributed by atoms with Gasteiger partial charge in [0.15, 0.2) is 34.9 Å². The summed E-state index contributed by atoms with van der Waals surface area (Å²) in [6.45, 7) is 3.70. The van der Waals surface area contributed by atoms with Gasteiger partial charge >= 0.3 is 5.97 Å². The molecule has 204 valence electrons. The highest BCUT2D eigenvalue weighted by Crippen LogP contribution is 2.41. The Hall–Kier alpha value is -2.65. The van der Waals surface area contributed by atoms with Gasteiger partial charge in [-0.1, -0.05) is 39.5 Å². The van der Waals surface area contributed by atoms with Gasteiger partial charge in [-0.15, -0.1) is 0 Å². The first kappa shape index (κ1) is 28.9. The van der Waals surface area contributed by atoms with Crippen molar-refractivity contribution in [3.8, 4) is 16.9 Å². The van der Waals surface area contributed by atoms with Crippen LogP contribution in [0.15, 0.2) is 0 Å². The van der Waals surface area contributed by atoms with Gasteiger partial charge in [-0.2, -0.15) is 8.78 Å². The summed E-state index contributed by atoms with van der Waals surface area (Å²) in [6.07, 6.45) is 5.26. The van der Waals surface area contributed by atoms with Crippen LogP contribution in [0.4, 0.5) is 35.1 Å². The summed E-state index contributed by atoms with van der Waals surface area (Å²) in [5, 5.41) is 0. The fourth-order valence-electron chi connectivity index (χ4n) is 4.75. The molecular weight excluding hydrogens is 508 g/mol. The average Bonchev–Trinajstić information content (AvgIpc) is 2.89. The van der Waals surface area contributed by atoms with Crippen LogP contribution >= 0.6 is 0 Å². The molecule has 2 aromatic rings. The topological polar surface area (TPSA) is 26.3 Å². The zero-order valence-corrected chi connectivity index (χ0v) is 20.6. The number of hydrogen-bond acceptors (Lipinski definition) is 2. The zero-order valence-electron chi connectivity index (χ0n) is 20.6. The summed E-state index contributed by atoms with van der Waals surface area (Å²) < 4.78 is 122. The summed E-state index contributed by atoms with van der Waals surface area (Å²) in [6, 6.07) is 0. The predicted octanol–water partition coefficient (Wildman–Crippen LogP) is 8.71. The van der Waals surface area contributed by atoms with Gasteiger partial charge in [-0.3, -0.25) is 4.79 Å². The van der Waals surface area contributed by atoms with Crippen molar-refractivity contribution >= 4 is 5.97 Å². The highest BCUT2D eigenvalue weighted by atomic mass is 19.2. The van der Waals surface area contributed by atoms with Crippen LogP contribution in [0.2, 0.25) is 0 Å². The fourth-order valence-corrected chi connectivity index (χ4v) is 4.75. The number of carbonyl (C=O) groups is 1. The summed E-state index contributed by atoms with van der Waals surface area (Å²) in [4.78, 5) is 12.5. The van der Waals surface area contributed by atoms with Crippen LogP contribution < -0.4 is 4.74 Å². The van der Waals surface area contributed by atoms with Gasteiger partial charge in [0.05, 0.1) is 17.0 Å². The minimum Gasteiger partial charge on any atom is -0.420 e. The highest BCUT2D eigenvalue weighted by molar-refractivity contribution is 5.76. The minimum atomic E-state index is -2.36. The smallest absolute Gasteiger partial charge is 0.314 e. The number of carbonyl (C=O) groups excluding carboxylic acids is 1. The Kier molecular flexibility index (Phi) is 9.58. The number of unbranched alkanes of at least 4 members (excludes halogenated alkanes) is 2. The second-order valence-electron chi connectivity index (χ2n) is 9.45. The third-order valence-corrected chi connectivity index (χ3v) is 6.96. The normalized spacial score (nSPS) is 17.8. The Bertz CT molecular complexity index is 1100. The van der Waals surface area contributed by atoms with E-state index in [1.807, 2.05) is 6.92 Å². The highest BCUT2D eigenvalue weighted by Gasteiger charge is 2.36. The third-order valence-electron chi connectivity index (χ3n) is 6.96. The van der Waals surface area contributed by atoms with E-state index in [4.69, 9.17) is 0 Å².